The van der Waals surface area contributed by atoms with E-state index in [0.717, 1.165) is 25.9 Å². The van der Waals surface area contributed by atoms with Gasteiger partial charge in [-0.3, -0.25) is 0 Å². The fraction of sp³-hybridized carbons (Fsp3) is 0.438. The molecular formula is C16H19ClN2O3S2. The van der Waals surface area contributed by atoms with Gasteiger partial charge < -0.3 is 10.0 Å². The van der Waals surface area contributed by atoms with Gasteiger partial charge in [0.25, 0.3) is 0 Å². The van der Waals surface area contributed by atoms with Crippen LogP contribution in [0.15, 0.2) is 34.2 Å². The van der Waals surface area contributed by atoms with Crippen molar-refractivity contribution < 1.29 is 13.5 Å². The summed E-state index contributed by atoms with van der Waals surface area (Å²) in [6, 6.07) is 6.17. The lowest BCUT2D eigenvalue weighted by atomic mass is 9.99. The Morgan fingerprint density at radius 3 is 2.33 bits per heavy atom. The Hall–Kier alpha value is -1.15. The first kappa shape index (κ1) is 17.7. The third-order valence-corrected chi connectivity index (χ3v) is 7.30. The number of sulfone groups is 1. The van der Waals surface area contributed by atoms with E-state index >= 15 is 0 Å². The Kier molecular flexibility index (Phi) is 4.63. The van der Waals surface area contributed by atoms with Crippen molar-refractivity contribution in [2.45, 2.75) is 42.2 Å². The number of thiazole rings is 1. The van der Waals surface area contributed by atoms with Crippen molar-refractivity contribution in [1.29, 1.82) is 0 Å². The fourth-order valence-electron chi connectivity index (χ4n) is 2.64. The first-order valence-corrected chi connectivity index (χ1v) is 10.4. The first-order valence-electron chi connectivity index (χ1n) is 7.69. The minimum absolute atomic E-state index is 0.0907. The number of benzene rings is 1. The first-order chi connectivity index (χ1) is 11.2. The number of rotatable bonds is 4. The summed E-state index contributed by atoms with van der Waals surface area (Å²) in [5.41, 5.74) is -0.382. The Bertz CT molecular complexity index is 833. The largest absolute Gasteiger partial charge is 0.386 e. The van der Waals surface area contributed by atoms with E-state index in [2.05, 4.69) is 9.88 Å². The van der Waals surface area contributed by atoms with Gasteiger partial charge in [0, 0.05) is 13.1 Å². The van der Waals surface area contributed by atoms with E-state index in [1.165, 1.54) is 23.5 Å². The number of halogens is 1. The summed E-state index contributed by atoms with van der Waals surface area (Å²) in [4.78, 5) is 6.47. The van der Waals surface area contributed by atoms with Gasteiger partial charge in [-0.15, -0.1) is 0 Å². The Morgan fingerprint density at radius 1 is 1.21 bits per heavy atom. The van der Waals surface area contributed by atoms with Crippen LogP contribution < -0.4 is 4.90 Å². The molecule has 0 radical (unpaired) electrons. The fourth-order valence-corrected chi connectivity index (χ4v) is 5.58. The van der Waals surface area contributed by atoms with Gasteiger partial charge >= 0.3 is 0 Å². The number of hydrogen-bond donors (Lipinski definition) is 1. The molecule has 0 aliphatic carbocycles. The van der Waals surface area contributed by atoms with Crippen molar-refractivity contribution in [2.75, 3.05) is 18.0 Å². The van der Waals surface area contributed by atoms with E-state index in [-0.39, 0.29) is 14.3 Å². The highest BCUT2D eigenvalue weighted by atomic mass is 35.5. The molecule has 1 aliphatic heterocycles. The van der Waals surface area contributed by atoms with Crippen LogP contribution in [0, 0.1) is 0 Å². The summed E-state index contributed by atoms with van der Waals surface area (Å²) < 4.78 is 25.8. The molecule has 0 spiro atoms. The second kappa shape index (κ2) is 6.29. The van der Waals surface area contributed by atoms with E-state index in [9.17, 15) is 13.5 Å². The maximum absolute atomic E-state index is 12.8. The Morgan fingerprint density at radius 2 is 1.79 bits per heavy atom. The molecule has 1 aromatic heterocycles. The average Bonchev–Trinajstić information content (AvgIpc) is 3.15. The molecule has 0 atom stereocenters. The second-order valence-electron chi connectivity index (χ2n) is 6.36. The van der Waals surface area contributed by atoms with Crippen molar-refractivity contribution >= 4 is 37.9 Å². The van der Waals surface area contributed by atoms with Crippen LogP contribution in [0.1, 0.15) is 32.3 Å². The SMILES string of the molecule is CC(C)(O)c1ccc(S(=O)(=O)c2nc(N3CCCC3)sc2Cl)cc1. The molecule has 2 aromatic rings. The van der Waals surface area contributed by atoms with Crippen LogP contribution in [0.25, 0.3) is 0 Å². The molecule has 3 rings (SSSR count). The van der Waals surface area contributed by atoms with Crippen LogP contribution in [-0.2, 0) is 15.4 Å². The summed E-state index contributed by atoms with van der Waals surface area (Å²) in [5.74, 6) is 0. The third kappa shape index (κ3) is 3.31. The molecule has 0 saturated carbocycles. The number of anilines is 1. The van der Waals surface area contributed by atoms with Gasteiger partial charge in [0.15, 0.2) is 10.2 Å². The molecule has 0 unspecified atom stereocenters. The maximum atomic E-state index is 12.8. The van der Waals surface area contributed by atoms with Crippen molar-refractivity contribution in [2.24, 2.45) is 0 Å². The maximum Gasteiger partial charge on any atom is 0.226 e. The quantitative estimate of drug-likeness (QED) is 0.871. The molecule has 0 amide bonds. The van der Waals surface area contributed by atoms with Gasteiger partial charge in [-0.1, -0.05) is 35.1 Å². The van der Waals surface area contributed by atoms with Crippen LogP contribution in [0.2, 0.25) is 4.34 Å². The number of aromatic nitrogens is 1. The zero-order valence-corrected chi connectivity index (χ0v) is 15.9. The van der Waals surface area contributed by atoms with Crippen molar-refractivity contribution in [3.8, 4) is 0 Å². The molecule has 0 bridgehead atoms. The highest BCUT2D eigenvalue weighted by Crippen LogP contribution is 2.37. The van der Waals surface area contributed by atoms with Gasteiger partial charge in [-0.2, -0.15) is 0 Å². The molecule has 1 N–H and O–H groups in total. The topological polar surface area (TPSA) is 70.5 Å². The molecular weight excluding hydrogens is 368 g/mol. The zero-order chi connectivity index (χ0) is 17.5. The Balaban J connectivity index is 1.96. The van der Waals surface area contributed by atoms with Crippen molar-refractivity contribution in [1.82, 2.24) is 4.98 Å². The Labute approximate surface area is 150 Å². The molecule has 24 heavy (non-hydrogen) atoms. The molecule has 5 nitrogen and oxygen atoms in total. The predicted molar refractivity (Wildman–Crippen MR) is 95.7 cm³/mol. The number of hydrogen-bond acceptors (Lipinski definition) is 6. The van der Waals surface area contributed by atoms with Crippen LogP contribution in [0.5, 0.6) is 0 Å². The normalized spacial score (nSPS) is 15.9. The average molecular weight is 387 g/mol. The monoisotopic (exact) mass is 386 g/mol. The molecule has 1 saturated heterocycles. The molecule has 1 aliphatic rings. The predicted octanol–water partition coefficient (Wildman–Crippen LogP) is 3.46. The number of aliphatic hydroxyl groups is 1. The molecule has 1 aromatic carbocycles. The van der Waals surface area contributed by atoms with E-state index in [4.69, 9.17) is 11.6 Å². The standard InChI is InChI=1S/C16H19ClN2O3S2/c1-16(2,20)11-5-7-12(8-6-11)24(21,22)14-13(17)23-15(18-14)19-9-3-4-10-19/h5-8,20H,3-4,9-10H2,1-2H3. The van der Waals surface area contributed by atoms with E-state index in [1.54, 1.807) is 26.0 Å². The second-order valence-corrected chi connectivity index (χ2v) is 9.80. The lowest BCUT2D eigenvalue weighted by Gasteiger charge is -2.17. The van der Waals surface area contributed by atoms with Crippen LogP contribution in [0.3, 0.4) is 0 Å². The van der Waals surface area contributed by atoms with Gasteiger partial charge in [0.1, 0.15) is 4.34 Å². The molecule has 2 heterocycles. The lowest BCUT2D eigenvalue weighted by Crippen LogP contribution is -2.17. The zero-order valence-electron chi connectivity index (χ0n) is 13.5. The summed E-state index contributed by atoms with van der Waals surface area (Å²) in [6.45, 7) is 5.06. The minimum atomic E-state index is -3.78. The highest BCUT2D eigenvalue weighted by Gasteiger charge is 2.28. The summed E-state index contributed by atoms with van der Waals surface area (Å²) in [7, 11) is -3.78. The molecule has 8 heteroatoms. The van der Waals surface area contributed by atoms with Crippen LogP contribution >= 0.6 is 22.9 Å². The molecule has 130 valence electrons. The summed E-state index contributed by atoms with van der Waals surface area (Å²) in [6.07, 6.45) is 2.16. The van der Waals surface area contributed by atoms with Gasteiger partial charge in [-0.25, -0.2) is 13.4 Å². The smallest absolute Gasteiger partial charge is 0.226 e. The van der Waals surface area contributed by atoms with Crippen LogP contribution in [0.4, 0.5) is 5.13 Å². The summed E-state index contributed by atoms with van der Waals surface area (Å²) in [5, 5.41) is 10.5. The van der Waals surface area contributed by atoms with E-state index < -0.39 is 15.4 Å². The van der Waals surface area contributed by atoms with Crippen molar-refractivity contribution in [3.63, 3.8) is 0 Å². The van der Waals surface area contributed by atoms with Crippen LogP contribution in [-0.4, -0.2) is 31.6 Å². The van der Waals surface area contributed by atoms with Gasteiger partial charge in [-0.05, 0) is 44.4 Å². The van der Waals surface area contributed by atoms with E-state index in [0.29, 0.717) is 10.7 Å². The summed E-state index contributed by atoms with van der Waals surface area (Å²) >= 11 is 7.37. The minimum Gasteiger partial charge on any atom is -0.386 e. The molecule has 1 fully saturated rings. The van der Waals surface area contributed by atoms with Gasteiger partial charge in [0.05, 0.1) is 10.5 Å². The van der Waals surface area contributed by atoms with Gasteiger partial charge in [0.2, 0.25) is 9.84 Å². The van der Waals surface area contributed by atoms with E-state index in [1.807, 2.05) is 0 Å². The number of nitrogens with zero attached hydrogens (tertiary/aromatic N) is 2. The lowest BCUT2D eigenvalue weighted by molar-refractivity contribution is 0.0785. The third-order valence-electron chi connectivity index (χ3n) is 4.05. The highest BCUT2D eigenvalue weighted by molar-refractivity contribution is 7.91. The van der Waals surface area contributed by atoms with Crippen molar-refractivity contribution in [3.05, 3.63) is 34.2 Å².